The van der Waals surface area contributed by atoms with Crippen molar-refractivity contribution in [3.8, 4) is 12.3 Å². The molecule has 0 aliphatic rings. The topological polar surface area (TPSA) is 12.0 Å². The van der Waals surface area contributed by atoms with Crippen LogP contribution in [0.25, 0.3) is 0 Å². The fourth-order valence-corrected chi connectivity index (χ4v) is 1.97. The summed E-state index contributed by atoms with van der Waals surface area (Å²) in [4.78, 5) is 0. The Bertz CT molecular complexity index is 357. The Morgan fingerprint density at radius 3 is 2.86 bits per heavy atom. The summed E-state index contributed by atoms with van der Waals surface area (Å²) >= 11 is 8.27. The molecule has 0 aliphatic heterocycles. The van der Waals surface area contributed by atoms with Crippen LogP contribution in [0.1, 0.15) is 13.3 Å². The van der Waals surface area contributed by atoms with E-state index in [0.717, 1.165) is 15.7 Å². The molecule has 0 saturated carbocycles. The molecule has 1 atom stereocenters. The number of rotatable bonds is 3. The van der Waals surface area contributed by atoms with E-state index in [1.165, 1.54) is 0 Å². The number of nitrogens with one attached hydrogen (secondary N) is 1. The summed E-state index contributed by atoms with van der Waals surface area (Å²) in [6.07, 6.45) is 6.24. The summed E-state index contributed by atoms with van der Waals surface area (Å²) in [6, 6.07) is 5.91. The Balaban J connectivity index is 2.82. The number of hydrogen-bond acceptors (Lipinski definition) is 1. The number of benzene rings is 1. The maximum atomic E-state index is 6.05. The Labute approximate surface area is 103 Å². The zero-order valence-electron chi connectivity index (χ0n) is 7.85. The van der Waals surface area contributed by atoms with Crippen molar-refractivity contribution in [1.82, 2.24) is 0 Å². The molecule has 0 spiro atoms. The third kappa shape index (κ3) is 3.07. The van der Waals surface area contributed by atoms with E-state index in [-0.39, 0.29) is 6.04 Å². The molecule has 14 heavy (non-hydrogen) atoms. The molecule has 0 amide bonds. The number of terminal acetylenes is 1. The van der Waals surface area contributed by atoms with Gasteiger partial charge in [-0.15, -0.1) is 6.42 Å². The molecule has 0 bridgehead atoms. The van der Waals surface area contributed by atoms with Crippen LogP contribution in [0.5, 0.6) is 0 Å². The highest BCUT2D eigenvalue weighted by molar-refractivity contribution is 14.1. The number of anilines is 1. The van der Waals surface area contributed by atoms with Gasteiger partial charge in [0.05, 0.1) is 16.8 Å². The minimum Gasteiger partial charge on any atom is -0.370 e. The quantitative estimate of drug-likeness (QED) is 0.660. The summed E-state index contributed by atoms with van der Waals surface area (Å²) in [5.74, 6) is 2.67. The van der Waals surface area contributed by atoms with Gasteiger partial charge in [0.1, 0.15) is 0 Å². The summed E-state index contributed by atoms with van der Waals surface area (Å²) in [5, 5.41) is 3.92. The van der Waals surface area contributed by atoms with Gasteiger partial charge < -0.3 is 5.32 Å². The summed E-state index contributed by atoms with van der Waals surface area (Å²) in [7, 11) is 0. The van der Waals surface area contributed by atoms with E-state index in [4.69, 9.17) is 18.0 Å². The van der Waals surface area contributed by atoms with Crippen molar-refractivity contribution < 1.29 is 0 Å². The molecule has 0 radical (unpaired) electrons. The highest BCUT2D eigenvalue weighted by Crippen LogP contribution is 2.24. The minimum absolute atomic E-state index is 0.0487. The van der Waals surface area contributed by atoms with E-state index < -0.39 is 0 Å². The average Bonchev–Trinajstić information content (AvgIpc) is 2.17. The molecule has 1 aromatic rings. The third-order valence-corrected chi connectivity index (χ3v) is 2.85. The van der Waals surface area contributed by atoms with Gasteiger partial charge >= 0.3 is 0 Å². The van der Waals surface area contributed by atoms with Gasteiger partial charge in [-0.1, -0.05) is 24.4 Å². The van der Waals surface area contributed by atoms with Gasteiger partial charge in [0.15, 0.2) is 0 Å². The van der Waals surface area contributed by atoms with Gasteiger partial charge in [0, 0.05) is 3.57 Å². The first kappa shape index (κ1) is 11.7. The van der Waals surface area contributed by atoms with Gasteiger partial charge in [-0.3, -0.25) is 0 Å². The van der Waals surface area contributed by atoms with E-state index in [9.17, 15) is 0 Å². The second kappa shape index (κ2) is 5.47. The fourth-order valence-electron chi connectivity index (χ4n) is 1.06. The van der Waals surface area contributed by atoms with Crippen LogP contribution in [0.3, 0.4) is 0 Å². The lowest BCUT2D eigenvalue weighted by Crippen LogP contribution is -2.15. The maximum Gasteiger partial charge on any atom is 0.0872 e. The Hall–Kier alpha value is -0.400. The lowest BCUT2D eigenvalue weighted by molar-refractivity contribution is 0.858. The first-order chi connectivity index (χ1) is 6.67. The summed E-state index contributed by atoms with van der Waals surface area (Å²) < 4.78 is 1.12. The van der Waals surface area contributed by atoms with Crippen LogP contribution < -0.4 is 5.32 Å². The van der Waals surface area contributed by atoms with E-state index >= 15 is 0 Å². The lowest BCUT2D eigenvalue weighted by atomic mass is 10.2. The molecule has 1 N–H and O–H groups in total. The van der Waals surface area contributed by atoms with Crippen LogP contribution in [-0.4, -0.2) is 6.04 Å². The molecule has 0 saturated heterocycles. The number of hydrogen-bond donors (Lipinski definition) is 1. The van der Waals surface area contributed by atoms with Crippen LogP contribution >= 0.6 is 34.2 Å². The maximum absolute atomic E-state index is 6.05. The largest absolute Gasteiger partial charge is 0.370 e. The van der Waals surface area contributed by atoms with Gasteiger partial charge in [0.2, 0.25) is 0 Å². The predicted molar refractivity (Wildman–Crippen MR) is 70.7 cm³/mol. The van der Waals surface area contributed by atoms with Crippen molar-refractivity contribution in [3.05, 3.63) is 26.8 Å². The molecule has 1 rings (SSSR count). The van der Waals surface area contributed by atoms with Crippen molar-refractivity contribution in [2.45, 2.75) is 19.4 Å². The summed E-state index contributed by atoms with van der Waals surface area (Å²) in [5.41, 5.74) is 0.900. The highest BCUT2D eigenvalue weighted by atomic mass is 127. The van der Waals surface area contributed by atoms with Crippen LogP contribution in [0.4, 0.5) is 5.69 Å². The zero-order valence-corrected chi connectivity index (χ0v) is 10.8. The second-order valence-corrected chi connectivity index (χ2v) is 4.55. The SMILES string of the molecule is C#CC(CC)Nc1ccc(I)cc1Cl. The lowest BCUT2D eigenvalue weighted by Gasteiger charge is -2.13. The third-order valence-electron chi connectivity index (χ3n) is 1.87. The molecule has 0 heterocycles. The Morgan fingerprint density at radius 1 is 1.64 bits per heavy atom. The Morgan fingerprint density at radius 2 is 2.36 bits per heavy atom. The van der Waals surface area contributed by atoms with E-state index in [2.05, 4.69) is 33.8 Å². The zero-order chi connectivity index (χ0) is 10.6. The van der Waals surface area contributed by atoms with Gasteiger partial charge in [-0.2, -0.15) is 0 Å². The molecule has 0 aliphatic carbocycles. The van der Waals surface area contributed by atoms with Crippen molar-refractivity contribution >= 4 is 39.9 Å². The van der Waals surface area contributed by atoms with E-state index in [1.807, 2.05) is 25.1 Å². The Kier molecular flexibility index (Phi) is 4.56. The van der Waals surface area contributed by atoms with Crippen molar-refractivity contribution in [3.63, 3.8) is 0 Å². The summed E-state index contributed by atoms with van der Waals surface area (Å²) in [6.45, 7) is 2.04. The minimum atomic E-state index is 0.0487. The van der Waals surface area contributed by atoms with Crippen LogP contribution in [0.2, 0.25) is 5.02 Å². The first-order valence-corrected chi connectivity index (χ1v) is 5.80. The molecule has 3 heteroatoms. The van der Waals surface area contributed by atoms with Crippen LogP contribution in [0, 0.1) is 15.9 Å². The number of halogens is 2. The highest BCUT2D eigenvalue weighted by Gasteiger charge is 2.05. The monoisotopic (exact) mass is 319 g/mol. The molecule has 1 aromatic carbocycles. The molecule has 1 unspecified atom stereocenters. The predicted octanol–water partition coefficient (Wildman–Crippen LogP) is 3.77. The first-order valence-electron chi connectivity index (χ1n) is 4.35. The van der Waals surface area contributed by atoms with Crippen molar-refractivity contribution in [2.24, 2.45) is 0 Å². The van der Waals surface area contributed by atoms with Crippen LogP contribution in [-0.2, 0) is 0 Å². The second-order valence-electron chi connectivity index (χ2n) is 2.90. The molecule has 1 nitrogen and oxygen atoms in total. The smallest absolute Gasteiger partial charge is 0.0872 e. The van der Waals surface area contributed by atoms with Gasteiger partial charge in [-0.25, -0.2) is 0 Å². The molecule has 0 fully saturated rings. The normalized spacial score (nSPS) is 11.9. The molecule has 74 valence electrons. The van der Waals surface area contributed by atoms with Crippen LogP contribution in [0.15, 0.2) is 18.2 Å². The molecular formula is C11H11ClIN. The standard InChI is InChI=1S/C11H11ClIN/c1-3-9(4-2)14-11-6-5-8(13)7-10(11)12/h1,5-7,9,14H,4H2,2H3. The van der Waals surface area contributed by atoms with E-state index in [1.54, 1.807) is 0 Å². The van der Waals surface area contributed by atoms with Gasteiger partial charge in [-0.05, 0) is 47.2 Å². The fraction of sp³-hybridized carbons (Fsp3) is 0.273. The van der Waals surface area contributed by atoms with Crippen molar-refractivity contribution in [1.29, 1.82) is 0 Å². The van der Waals surface area contributed by atoms with Crippen molar-refractivity contribution in [2.75, 3.05) is 5.32 Å². The van der Waals surface area contributed by atoms with Gasteiger partial charge in [0.25, 0.3) is 0 Å². The molecular weight excluding hydrogens is 308 g/mol. The molecule has 0 aromatic heterocycles. The average molecular weight is 320 g/mol. The van der Waals surface area contributed by atoms with E-state index in [0.29, 0.717) is 5.02 Å².